The van der Waals surface area contributed by atoms with Gasteiger partial charge in [0, 0.05) is 24.0 Å². The third-order valence-electron chi connectivity index (χ3n) is 2.06. The molecule has 0 radical (unpaired) electrons. The fourth-order valence-corrected chi connectivity index (χ4v) is 1.40. The van der Waals surface area contributed by atoms with Crippen molar-refractivity contribution in [3.8, 4) is 5.75 Å². The summed E-state index contributed by atoms with van der Waals surface area (Å²) in [5.41, 5.74) is 1.70. The summed E-state index contributed by atoms with van der Waals surface area (Å²) in [4.78, 5) is 6.71. The highest BCUT2D eigenvalue weighted by Crippen LogP contribution is 2.18. The molecular weight excluding hydrogens is 224 g/mol. The smallest absolute Gasteiger partial charge is 0.130 e. The third-order valence-corrected chi connectivity index (χ3v) is 2.27. The number of aromatic nitrogens is 1. The van der Waals surface area contributed by atoms with Crippen molar-refractivity contribution in [1.29, 1.82) is 0 Å². The number of hydrogen-bond donors (Lipinski definition) is 1. The van der Waals surface area contributed by atoms with Crippen molar-refractivity contribution in [1.82, 2.24) is 4.98 Å². The molecule has 0 spiro atoms. The molecule has 1 aromatic heterocycles. The molecule has 0 saturated heterocycles. The van der Waals surface area contributed by atoms with Crippen LogP contribution in [0.5, 0.6) is 5.75 Å². The monoisotopic (exact) mass is 234 g/mol. The van der Waals surface area contributed by atoms with E-state index in [1.807, 2.05) is 42.5 Å². The molecule has 0 aliphatic rings. The minimum atomic E-state index is 0.451. The lowest BCUT2D eigenvalue weighted by atomic mass is 10.3. The van der Waals surface area contributed by atoms with Gasteiger partial charge in [0.05, 0.1) is 11.4 Å². The van der Waals surface area contributed by atoms with Gasteiger partial charge in [-0.05, 0) is 24.3 Å². The van der Waals surface area contributed by atoms with Crippen molar-refractivity contribution < 1.29 is 4.74 Å². The van der Waals surface area contributed by atoms with Gasteiger partial charge in [0.25, 0.3) is 0 Å². The average Bonchev–Trinajstić information content (AvgIpc) is 2.38. The molecule has 3 nitrogen and oxygen atoms in total. The first-order valence-corrected chi connectivity index (χ1v) is 5.26. The molecule has 0 aliphatic carbocycles. The van der Waals surface area contributed by atoms with Crippen molar-refractivity contribution in [2.75, 3.05) is 4.84 Å². The van der Waals surface area contributed by atoms with Crippen LogP contribution in [0.2, 0.25) is 0 Å². The minimum absolute atomic E-state index is 0.451. The van der Waals surface area contributed by atoms with Gasteiger partial charge in [-0.25, -0.2) is 0 Å². The lowest BCUT2D eigenvalue weighted by Crippen LogP contribution is -1.97. The average molecular weight is 235 g/mol. The Bertz CT molecular complexity index is 448. The van der Waals surface area contributed by atoms with Gasteiger partial charge in [-0.2, -0.15) is 0 Å². The lowest BCUT2D eigenvalue weighted by Gasteiger charge is -2.06. The predicted octanol–water partition coefficient (Wildman–Crippen LogP) is 3.23. The van der Waals surface area contributed by atoms with E-state index in [2.05, 4.69) is 9.82 Å². The van der Waals surface area contributed by atoms with E-state index in [0.717, 1.165) is 17.1 Å². The molecule has 0 atom stereocenters. The number of benzene rings is 1. The summed E-state index contributed by atoms with van der Waals surface area (Å²) in [6.45, 7) is 0.451. The maximum atomic E-state index is 5.57. The molecule has 4 heteroatoms. The molecule has 0 amide bonds. The van der Waals surface area contributed by atoms with Crippen LogP contribution < -0.4 is 9.57 Å². The second-order valence-corrected chi connectivity index (χ2v) is 3.42. The van der Waals surface area contributed by atoms with Gasteiger partial charge >= 0.3 is 0 Å². The Labute approximate surface area is 99.2 Å². The first kappa shape index (κ1) is 10.8. The summed E-state index contributed by atoms with van der Waals surface area (Å²) in [7, 11) is 0. The zero-order chi connectivity index (χ0) is 11.2. The van der Waals surface area contributed by atoms with E-state index in [4.69, 9.17) is 16.5 Å². The van der Waals surface area contributed by atoms with E-state index in [-0.39, 0.29) is 0 Å². The Morgan fingerprint density at radius 2 is 2.12 bits per heavy atom. The van der Waals surface area contributed by atoms with Gasteiger partial charge in [-0.3, -0.25) is 9.82 Å². The van der Waals surface area contributed by atoms with Crippen LogP contribution in [-0.4, -0.2) is 4.98 Å². The van der Waals surface area contributed by atoms with E-state index >= 15 is 0 Å². The molecule has 0 aliphatic heterocycles. The highest BCUT2D eigenvalue weighted by Gasteiger charge is 1.97. The van der Waals surface area contributed by atoms with Gasteiger partial charge in [0.2, 0.25) is 0 Å². The maximum absolute atomic E-state index is 5.57. The zero-order valence-electron chi connectivity index (χ0n) is 8.56. The topological polar surface area (TPSA) is 34.1 Å². The zero-order valence-corrected chi connectivity index (χ0v) is 9.32. The van der Waals surface area contributed by atoms with Gasteiger partial charge in [0.1, 0.15) is 12.4 Å². The van der Waals surface area contributed by atoms with E-state index in [1.165, 1.54) is 0 Å². The van der Waals surface area contributed by atoms with E-state index in [9.17, 15) is 0 Å². The number of nitrogens with one attached hydrogen (secondary N) is 1. The highest BCUT2D eigenvalue weighted by atomic mass is 35.5. The number of anilines is 1. The van der Waals surface area contributed by atoms with Crippen molar-refractivity contribution in [2.45, 2.75) is 6.61 Å². The Morgan fingerprint density at radius 1 is 1.19 bits per heavy atom. The molecule has 2 rings (SSSR count). The number of halogens is 1. The molecule has 0 saturated carbocycles. The van der Waals surface area contributed by atoms with Gasteiger partial charge in [-0.1, -0.05) is 12.1 Å². The van der Waals surface area contributed by atoms with E-state index < -0.39 is 0 Å². The third kappa shape index (κ3) is 2.87. The summed E-state index contributed by atoms with van der Waals surface area (Å²) < 4.78 is 5.57. The fraction of sp³-hybridized carbons (Fsp3) is 0.0833. The second kappa shape index (κ2) is 5.37. The molecule has 1 heterocycles. The van der Waals surface area contributed by atoms with Gasteiger partial charge < -0.3 is 4.74 Å². The van der Waals surface area contributed by atoms with Crippen molar-refractivity contribution in [3.63, 3.8) is 0 Å². The summed E-state index contributed by atoms with van der Waals surface area (Å²) in [5.74, 6) is 0.760. The first-order valence-electron chi connectivity index (χ1n) is 4.88. The van der Waals surface area contributed by atoms with E-state index in [1.54, 1.807) is 6.20 Å². The summed E-state index contributed by atoms with van der Waals surface area (Å²) in [5, 5.41) is 0. The second-order valence-electron chi connectivity index (χ2n) is 3.23. The summed E-state index contributed by atoms with van der Waals surface area (Å²) >= 11 is 5.50. The standard InChI is InChI=1S/C12H11ClN2O/c13-15-10-5-3-6-12(8-10)16-9-11-4-1-2-7-14-11/h1-8,15H,9H2. The number of pyridine rings is 1. The Kier molecular flexibility index (Phi) is 3.62. The number of hydrogen-bond acceptors (Lipinski definition) is 3. The molecule has 16 heavy (non-hydrogen) atoms. The van der Waals surface area contributed by atoms with Crippen LogP contribution in [0.1, 0.15) is 5.69 Å². The first-order chi connectivity index (χ1) is 7.88. The molecule has 0 bridgehead atoms. The number of nitrogens with zero attached hydrogens (tertiary/aromatic N) is 1. The minimum Gasteiger partial charge on any atom is -0.487 e. The molecule has 82 valence electrons. The maximum Gasteiger partial charge on any atom is 0.130 e. The SMILES string of the molecule is ClNc1cccc(OCc2ccccn2)c1. The Morgan fingerprint density at radius 3 is 2.88 bits per heavy atom. The van der Waals surface area contributed by atoms with Crippen LogP contribution in [0.3, 0.4) is 0 Å². The van der Waals surface area contributed by atoms with Crippen LogP contribution in [0, 0.1) is 0 Å². The van der Waals surface area contributed by atoms with Crippen molar-refractivity contribution in [3.05, 3.63) is 54.4 Å². The van der Waals surface area contributed by atoms with Crippen LogP contribution >= 0.6 is 11.8 Å². The van der Waals surface area contributed by atoms with Crippen LogP contribution in [-0.2, 0) is 6.61 Å². The molecule has 2 aromatic rings. The molecule has 1 aromatic carbocycles. The fourth-order valence-electron chi connectivity index (χ4n) is 1.29. The molecule has 0 unspecified atom stereocenters. The summed E-state index contributed by atoms with van der Waals surface area (Å²) in [6.07, 6.45) is 1.75. The van der Waals surface area contributed by atoms with Gasteiger partial charge in [-0.15, -0.1) is 0 Å². The Hall–Kier alpha value is -1.74. The molecular formula is C12H11ClN2O. The van der Waals surface area contributed by atoms with Crippen LogP contribution in [0.25, 0.3) is 0 Å². The normalized spacial score (nSPS) is 9.81. The van der Waals surface area contributed by atoms with Crippen molar-refractivity contribution >= 4 is 17.5 Å². The van der Waals surface area contributed by atoms with Gasteiger partial charge in [0.15, 0.2) is 0 Å². The lowest BCUT2D eigenvalue weighted by molar-refractivity contribution is 0.301. The van der Waals surface area contributed by atoms with Crippen molar-refractivity contribution in [2.24, 2.45) is 0 Å². The number of rotatable bonds is 4. The van der Waals surface area contributed by atoms with Crippen LogP contribution in [0.4, 0.5) is 5.69 Å². The highest BCUT2D eigenvalue weighted by molar-refractivity contribution is 6.23. The Balaban J connectivity index is 1.99. The summed E-state index contributed by atoms with van der Waals surface area (Å²) in [6, 6.07) is 13.2. The quantitative estimate of drug-likeness (QED) is 0.825. The predicted molar refractivity (Wildman–Crippen MR) is 64.5 cm³/mol. The van der Waals surface area contributed by atoms with E-state index in [0.29, 0.717) is 6.61 Å². The molecule has 0 fully saturated rings. The number of ether oxygens (including phenoxy) is 1. The van der Waals surface area contributed by atoms with Crippen LogP contribution in [0.15, 0.2) is 48.7 Å². The molecule has 1 N–H and O–H groups in total. The largest absolute Gasteiger partial charge is 0.487 e.